The average molecular weight is 537 g/mol. The van der Waals surface area contributed by atoms with Gasteiger partial charge in [0.15, 0.2) is 0 Å². The molecule has 0 aromatic rings. The summed E-state index contributed by atoms with van der Waals surface area (Å²) < 4.78 is 14.7. The fraction of sp³-hybridized carbons (Fsp3) is 1.00. The molecule has 0 aromatic heterocycles. The number of ether oxygens (including phenoxy) is 1. The van der Waals surface area contributed by atoms with E-state index < -0.39 is 7.82 Å². The van der Waals surface area contributed by atoms with Crippen LogP contribution in [0.3, 0.4) is 0 Å². The first-order chi connectivity index (χ1) is 17.4. The predicted molar refractivity (Wildman–Crippen MR) is 156 cm³/mol. The zero-order valence-corrected chi connectivity index (χ0v) is 25.3. The second kappa shape index (κ2) is 33.1. The molecule has 0 aliphatic carbocycles. The van der Waals surface area contributed by atoms with E-state index in [2.05, 4.69) is 13.8 Å². The van der Waals surface area contributed by atoms with Gasteiger partial charge in [-0.1, -0.05) is 168 Å². The van der Waals surface area contributed by atoms with Crippen molar-refractivity contribution in [1.82, 2.24) is 0 Å². The summed E-state index contributed by atoms with van der Waals surface area (Å²) in [5.41, 5.74) is 0. The summed E-state index contributed by atoms with van der Waals surface area (Å²) in [6.45, 7) is 6.59. The van der Waals surface area contributed by atoms with Crippen molar-refractivity contribution in [3.63, 3.8) is 0 Å². The van der Waals surface area contributed by atoms with Gasteiger partial charge in [-0.05, 0) is 12.8 Å². The van der Waals surface area contributed by atoms with E-state index in [-0.39, 0.29) is 0 Å². The molecule has 0 spiro atoms. The van der Waals surface area contributed by atoms with Crippen molar-refractivity contribution in [2.45, 2.75) is 181 Å². The van der Waals surface area contributed by atoms with E-state index in [1.807, 2.05) is 0 Å². The highest BCUT2D eigenvalue weighted by molar-refractivity contribution is 7.45. The predicted octanol–water partition coefficient (Wildman–Crippen LogP) is 10.3. The van der Waals surface area contributed by atoms with Gasteiger partial charge in [-0.25, -0.2) is 4.57 Å². The minimum absolute atomic E-state index is 0.996. The summed E-state index contributed by atoms with van der Waals surface area (Å²) >= 11 is 0. The Morgan fingerprint density at radius 3 is 0.750 bits per heavy atom. The molecule has 0 aliphatic rings. The van der Waals surface area contributed by atoms with Crippen LogP contribution in [0.25, 0.3) is 0 Å². The molecular weight excluding hydrogens is 471 g/mol. The zero-order valence-electron chi connectivity index (χ0n) is 24.4. The molecule has 220 valence electrons. The second-order valence-electron chi connectivity index (χ2n) is 10.6. The van der Waals surface area contributed by atoms with Crippen molar-refractivity contribution in [2.75, 3.05) is 13.2 Å². The van der Waals surface area contributed by atoms with Crippen LogP contribution in [0.1, 0.15) is 181 Å². The molecule has 0 fully saturated rings. The highest BCUT2D eigenvalue weighted by Crippen LogP contribution is 2.25. The van der Waals surface area contributed by atoms with Gasteiger partial charge >= 0.3 is 7.82 Å². The van der Waals surface area contributed by atoms with E-state index in [0.717, 1.165) is 13.2 Å². The Bertz CT molecular complexity index is 391. The van der Waals surface area contributed by atoms with Crippen molar-refractivity contribution in [3.05, 3.63) is 0 Å². The molecule has 0 saturated carbocycles. The van der Waals surface area contributed by atoms with E-state index in [1.165, 1.54) is 167 Å². The van der Waals surface area contributed by atoms with Gasteiger partial charge in [0, 0.05) is 13.2 Å². The monoisotopic (exact) mass is 536 g/mol. The lowest BCUT2D eigenvalue weighted by atomic mass is 10.0. The standard InChI is InChI=1S/C30H62O.H3O4P/c1-3-5-7-9-11-13-15-17-19-21-23-25-27-29-31-30-28-26-24-22-20-18-16-14-12-10-8-6-4-2;1-5(2,3)4/h3-30H2,1-2H3;(H3,1,2,3,4). The third kappa shape index (κ3) is 47.3. The quantitative estimate of drug-likeness (QED) is 0.0684. The molecule has 36 heavy (non-hydrogen) atoms. The van der Waals surface area contributed by atoms with Crippen molar-refractivity contribution in [3.8, 4) is 0 Å². The van der Waals surface area contributed by atoms with Crippen LogP contribution >= 0.6 is 7.82 Å². The number of phosphoric acid groups is 1. The lowest BCUT2D eigenvalue weighted by Gasteiger charge is -2.05. The molecule has 3 N–H and O–H groups in total. The van der Waals surface area contributed by atoms with Crippen LogP contribution < -0.4 is 0 Å². The molecule has 0 bridgehead atoms. The summed E-state index contributed by atoms with van der Waals surface area (Å²) in [7, 11) is -4.64. The van der Waals surface area contributed by atoms with Crippen molar-refractivity contribution in [2.24, 2.45) is 0 Å². The minimum Gasteiger partial charge on any atom is -0.381 e. The molecule has 0 amide bonds. The molecule has 0 heterocycles. The molecular formula is C30H65O5P. The Balaban J connectivity index is 0. The highest BCUT2D eigenvalue weighted by atomic mass is 31.2. The molecule has 0 atom stereocenters. The maximum Gasteiger partial charge on any atom is 0.466 e. The fourth-order valence-electron chi connectivity index (χ4n) is 4.55. The molecule has 5 nitrogen and oxygen atoms in total. The van der Waals surface area contributed by atoms with Gasteiger partial charge in [-0.2, -0.15) is 0 Å². The van der Waals surface area contributed by atoms with E-state index in [4.69, 9.17) is 24.0 Å². The Labute approximate surface area is 225 Å². The first-order valence-electron chi connectivity index (χ1n) is 15.8. The largest absolute Gasteiger partial charge is 0.466 e. The summed E-state index contributed by atoms with van der Waals surface area (Å²) in [6.07, 6.45) is 37.1. The summed E-state index contributed by atoms with van der Waals surface area (Å²) in [4.78, 5) is 21.6. The Morgan fingerprint density at radius 2 is 0.556 bits per heavy atom. The summed E-state index contributed by atoms with van der Waals surface area (Å²) in [5.74, 6) is 0. The molecule has 0 unspecified atom stereocenters. The second-order valence-corrected chi connectivity index (χ2v) is 11.6. The van der Waals surface area contributed by atoms with Crippen LogP contribution in [0.4, 0.5) is 0 Å². The number of hydrogen-bond donors (Lipinski definition) is 3. The number of unbranched alkanes of at least 4 members (excludes halogenated alkanes) is 24. The van der Waals surface area contributed by atoms with Gasteiger partial charge in [-0.15, -0.1) is 0 Å². The summed E-state index contributed by atoms with van der Waals surface area (Å²) in [5, 5.41) is 0. The van der Waals surface area contributed by atoms with Gasteiger partial charge in [0.2, 0.25) is 0 Å². The number of rotatable bonds is 28. The highest BCUT2D eigenvalue weighted by Gasteiger charge is 2.00. The van der Waals surface area contributed by atoms with E-state index in [9.17, 15) is 0 Å². The first kappa shape index (κ1) is 38.2. The molecule has 0 saturated heterocycles. The fourth-order valence-corrected chi connectivity index (χ4v) is 4.55. The molecule has 0 aliphatic heterocycles. The number of hydrogen-bond acceptors (Lipinski definition) is 2. The lowest BCUT2D eigenvalue weighted by Crippen LogP contribution is -1.97. The lowest BCUT2D eigenvalue weighted by molar-refractivity contribution is 0.125. The van der Waals surface area contributed by atoms with Gasteiger partial charge in [0.05, 0.1) is 0 Å². The third-order valence-electron chi connectivity index (χ3n) is 6.78. The Morgan fingerprint density at radius 1 is 0.389 bits per heavy atom. The van der Waals surface area contributed by atoms with Gasteiger partial charge in [0.25, 0.3) is 0 Å². The molecule has 0 radical (unpaired) electrons. The van der Waals surface area contributed by atoms with E-state index >= 15 is 0 Å². The van der Waals surface area contributed by atoms with Crippen molar-refractivity contribution >= 4 is 7.82 Å². The maximum absolute atomic E-state index is 8.88. The van der Waals surface area contributed by atoms with Crippen LogP contribution in [0.5, 0.6) is 0 Å². The van der Waals surface area contributed by atoms with Gasteiger partial charge in [0.1, 0.15) is 0 Å². The Kier molecular flexibility index (Phi) is 35.1. The van der Waals surface area contributed by atoms with E-state index in [0.29, 0.717) is 0 Å². The smallest absolute Gasteiger partial charge is 0.381 e. The SMILES string of the molecule is CCCCCCCCCCCCCCCOCCCCCCCCCCCCCCC.O=P(O)(O)O. The van der Waals surface area contributed by atoms with Crippen LogP contribution in [0.15, 0.2) is 0 Å². The third-order valence-corrected chi connectivity index (χ3v) is 6.78. The first-order valence-corrected chi connectivity index (χ1v) is 17.3. The van der Waals surface area contributed by atoms with E-state index in [1.54, 1.807) is 0 Å². The van der Waals surface area contributed by atoms with Gasteiger partial charge in [-0.3, -0.25) is 0 Å². The average Bonchev–Trinajstić information content (AvgIpc) is 2.82. The van der Waals surface area contributed by atoms with Crippen molar-refractivity contribution < 1.29 is 24.0 Å². The minimum atomic E-state index is -4.64. The van der Waals surface area contributed by atoms with Crippen LogP contribution in [-0.2, 0) is 9.30 Å². The Hall–Kier alpha value is 0.0700. The van der Waals surface area contributed by atoms with Crippen LogP contribution in [0.2, 0.25) is 0 Å². The van der Waals surface area contributed by atoms with Crippen LogP contribution in [-0.4, -0.2) is 27.9 Å². The molecule has 0 rings (SSSR count). The van der Waals surface area contributed by atoms with Crippen LogP contribution in [0, 0.1) is 0 Å². The normalized spacial score (nSPS) is 11.5. The summed E-state index contributed by atoms with van der Waals surface area (Å²) in [6, 6.07) is 0. The van der Waals surface area contributed by atoms with Gasteiger partial charge < -0.3 is 19.4 Å². The van der Waals surface area contributed by atoms with Crippen molar-refractivity contribution in [1.29, 1.82) is 0 Å². The topological polar surface area (TPSA) is 87.0 Å². The zero-order chi connectivity index (χ0) is 27.0. The molecule has 6 heteroatoms. The molecule has 0 aromatic carbocycles. The maximum atomic E-state index is 8.88.